The van der Waals surface area contributed by atoms with Gasteiger partial charge in [0.25, 0.3) is 0 Å². The smallest absolute Gasteiger partial charge is 0.405 e. The number of carbonyl (C=O) groups is 2. The quantitative estimate of drug-likeness (QED) is 0.740. The number of hydrogen-bond acceptors (Lipinski definition) is 4. The third-order valence-corrected chi connectivity index (χ3v) is 2.46. The van der Waals surface area contributed by atoms with Gasteiger partial charge >= 0.3 is 18.2 Å². The van der Waals surface area contributed by atoms with E-state index < -0.39 is 24.7 Å². The van der Waals surface area contributed by atoms with Crippen LogP contribution in [-0.4, -0.2) is 34.8 Å². The molecule has 0 atom stereocenters. The predicted octanol–water partition coefficient (Wildman–Crippen LogP) is 1.92. The maximum atomic E-state index is 11.8. The van der Waals surface area contributed by atoms with Crippen molar-refractivity contribution in [3.05, 3.63) is 17.2 Å². The Balaban J connectivity index is 2.49. The molecular formula is C9H8F3N3O3S. The Morgan fingerprint density at radius 1 is 1.47 bits per heavy atom. The lowest BCUT2D eigenvalue weighted by atomic mass is 10.4. The van der Waals surface area contributed by atoms with E-state index in [1.165, 1.54) is 12.3 Å². The van der Waals surface area contributed by atoms with Crippen LogP contribution in [0.25, 0.3) is 6.08 Å². The van der Waals surface area contributed by atoms with Gasteiger partial charge in [-0.25, -0.2) is 14.6 Å². The molecule has 0 saturated heterocycles. The van der Waals surface area contributed by atoms with Crippen LogP contribution in [0, 0.1) is 0 Å². The van der Waals surface area contributed by atoms with E-state index in [2.05, 4.69) is 10.3 Å². The van der Waals surface area contributed by atoms with E-state index in [0.29, 0.717) is 4.88 Å². The molecule has 0 unspecified atom stereocenters. The minimum atomic E-state index is -4.49. The van der Waals surface area contributed by atoms with Crippen molar-refractivity contribution in [1.29, 1.82) is 0 Å². The summed E-state index contributed by atoms with van der Waals surface area (Å²) in [5.41, 5.74) is 0. The average molecular weight is 295 g/mol. The van der Waals surface area contributed by atoms with E-state index in [1.807, 2.05) is 0 Å². The molecule has 1 aromatic heterocycles. The molecule has 10 heteroatoms. The van der Waals surface area contributed by atoms with Crippen LogP contribution in [0.15, 0.2) is 12.3 Å². The number of hydrogen-bond donors (Lipinski definition) is 3. The molecule has 0 spiro atoms. The van der Waals surface area contributed by atoms with Crippen molar-refractivity contribution in [2.75, 3.05) is 11.9 Å². The summed E-state index contributed by atoms with van der Waals surface area (Å²) in [6, 6.07) is -1.04. The van der Waals surface area contributed by atoms with Crippen LogP contribution >= 0.6 is 11.3 Å². The van der Waals surface area contributed by atoms with Crippen molar-refractivity contribution in [3.8, 4) is 0 Å². The molecule has 0 aromatic carbocycles. The Kier molecular flexibility index (Phi) is 4.87. The van der Waals surface area contributed by atoms with E-state index in [0.717, 1.165) is 17.4 Å². The standard InChI is InChI=1S/C9H8F3N3O3S/c10-9(11,12)4-14-7(18)15-8-13-3-5(19-8)1-2-6(16)17/h1-3H,4H2,(H,16,17)(H2,13,14,15,18)/b2-1+. The topological polar surface area (TPSA) is 91.3 Å². The summed E-state index contributed by atoms with van der Waals surface area (Å²) in [7, 11) is 0. The SMILES string of the molecule is O=C(O)/C=C/c1cnc(NC(=O)NCC(F)(F)F)s1. The molecule has 0 aliphatic carbocycles. The van der Waals surface area contributed by atoms with Crippen molar-refractivity contribution in [1.82, 2.24) is 10.3 Å². The Bertz CT molecular complexity index is 498. The molecular weight excluding hydrogens is 287 g/mol. The Labute approximate surface area is 109 Å². The minimum Gasteiger partial charge on any atom is -0.478 e. The van der Waals surface area contributed by atoms with Crippen LogP contribution in [0.1, 0.15) is 4.88 Å². The number of amides is 2. The summed E-state index contributed by atoms with van der Waals surface area (Å²) in [6.07, 6.45) is -1.08. The summed E-state index contributed by atoms with van der Waals surface area (Å²) in [6.45, 7) is -1.45. The number of alkyl halides is 3. The molecule has 19 heavy (non-hydrogen) atoms. The second kappa shape index (κ2) is 6.18. The molecule has 1 rings (SSSR count). The number of nitrogens with one attached hydrogen (secondary N) is 2. The third kappa shape index (κ3) is 6.41. The Hall–Kier alpha value is -2.10. The Morgan fingerprint density at radius 2 is 2.16 bits per heavy atom. The molecule has 0 aliphatic rings. The molecule has 0 radical (unpaired) electrons. The lowest BCUT2D eigenvalue weighted by Crippen LogP contribution is -2.36. The van der Waals surface area contributed by atoms with Gasteiger partial charge in [0.2, 0.25) is 0 Å². The highest BCUT2D eigenvalue weighted by molar-refractivity contribution is 7.16. The predicted molar refractivity (Wildman–Crippen MR) is 61.9 cm³/mol. The van der Waals surface area contributed by atoms with Crippen molar-refractivity contribution in [3.63, 3.8) is 0 Å². The lowest BCUT2D eigenvalue weighted by Gasteiger charge is -2.07. The maximum absolute atomic E-state index is 11.8. The molecule has 6 nitrogen and oxygen atoms in total. The number of carboxylic acid groups (broad SMARTS) is 1. The molecule has 3 N–H and O–H groups in total. The highest BCUT2D eigenvalue weighted by atomic mass is 32.1. The third-order valence-electron chi connectivity index (χ3n) is 1.58. The molecule has 0 fully saturated rings. The first-order valence-electron chi connectivity index (χ1n) is 4.75. The number of anilines is 1. The van der Waals surface area contributed by atoms with Crippen LogP contribution in [0.4, 0.5) is 23.1 Å². The average Bonchev–Trinajstić information content (AvgIpc) is 2.70. The van der Waals surface area contributed by atoms with Crippen molar-refractivity contribution >= 4 is 34.5 Å². The van der Waals surface area contributed by atoms with Gasteiger partial charge in [-0.05, 0) is 6.08 Å². The van der Waals surface area contributed by atoms with Crippen LogP contribution in [0.2, 0.25) is 0 Å². The zero-order valence-electron chi connectivity index (χ0n) is 9.19. The fraction of sp³-hybridized carbons (Fsp3) is 0.222. The molecule has 0 bridgehead atoms. The zero-order valence-corrected chi connectivity index (χ0v) is 10.0. The normalized spacial score (nSPS) is 11.5. The molecule has 0 saturated carbocycles. The fourth-order valence-electron chi connectivity index (χ4n) is 0.897. The summed E-state index contributed by atoms with van der Waals surface area (Å²) >= 11 is 0.922. The summed E-state index contributed by atoms with van der Waals surface area (Å²) < 4.78 is 35.4. The largest absolute Gasteiger partial charge is 0.478 e. The second-order valence-electron chi connectivity index (χ2n) is 3.16. The Morgan fingerprint density at radius 3 is 2.74 bits per heavy atom. The second-order valence-corrected chi connectivity index (χ2v) is 4.22. The summed E-state index contributed by atoms with van der Waals surface area (Å²) in [4.78, 5) is 25.5. The summed E-state index contributed by atoms with van der Waals surface area (Å²) in [5, 5.41) is 12.2. The number of carbonyl (C=O) groups excluding carboxylic acids is 1. The number of nitrogens with zero attached hydrogens (tertiary/aromatic N) is 1. The van der Waals surface area contributed by atoms with E-state index in [4.69, 9.17) is 5.11 Å². The number of carboxylic acids is 1. The highest BCUT2D eigenvalue weighted by Crippen LogP contribution is 2.19. The minimum absolute atomic E-state index is 0.0599. The first-order valence-corrected chi connectivity index (χ1v) is 5.56. The number of aliphatic carboxylic acids is 1. The van der Waals surface area contributed by atoms with Gasteiger partial charge in [-0.2, -0.15) is 13.2 Å². The van der Waals surface area contributed by atoms with Gasteiger partial charge in [-0.1, -0.05) is 11.3 Å². The van der Waals surface area contributed by atoms with Gasteiger partial charge in [0.1, 0.15) is 6.54 Å². The zero-order chi connectivity index (χ0) is 14.5. The molecule has 1 aromatic rings. The number of aromatic nitrogens is 1. The molecule has 1 heterocycles. The van der Waals surface area contributed by atoms with Gasteiger partial charge in [0, 0.05) is 17.2 Å². The number of halogens is 3. The van der Waals surface area contributed by atoms with E-state index >= 15 is 0 Å². The van der Waals surface area contributed by atoms with Gasteiger partial charge in [-0.15, -0.1) is 0 Å². The summed E-state index contributed by atoms with van der Waals surface area (Å²) in [5.74, 6) is -1.15. The van der Waals surface area contributed by atoms with E-state index in [1.54, 1.807) is 5.32 Å². The van der Waals surface area contributed by atoms with Crippen LogP contribution in [-0.2, 0) is 4.79 Å². The number of urea groups is 1. The van der Waals surface area contributed by atoms with Crippen molar-refractivity contribution in [2.45, 2.75) is 6.18 Å². The van der Waals surface area contributed by atoms with Crippen LogP contribution in [0.5, 0.6) is 0 Å². The van der Waals surface area contributed by atoms with Gasteiger partial charge < -0.3 is 10.4 Å². The lowest BCUT2D eigenvalue weighted by molar-refractivity contribution is -0.131. The highest BCUT2D eigenvalue weighted by Gasteiger charge is 2.27. The van der Waals surface area contributed by atoms with Gasteiger partial charge in [0.15, 0.2) is 5.13 Å². The maximum Gasteiger partial charge on any atom is 0.405 e. The molecule has 2 amide bonds. The first-order chi connectivity index (χ1) is 8.76. The van der Waals surface area contributed by atoms with E-state index in [-0.39, 0.29) is 5.13 Å². The number of thiazole rings is 1. The van der Waals surface area contributed by atoms with Gasteiger partial charge in [-0.3, -0.25) is 5.32 Å². The van der Waals surface area contributed by atoms with Crippen LogP contribution < -0.4 is 10.6 Å². The number of rotatable bonds is 4. The van der Waals surface area contributed by atoms with Crippen molar-refractivity contribution < 1.29 is 27.9 Å². The first kappa shape index (κ1) is 15.0. The fourth-order valence-corrected chi connectivity index (χ4v) is 1.61. The molecule has 0 aliphatic heterocycles. The van der Waals surface area contributed by atoms with Crippen LogP contribution in [0.3, 0.4) is 0 Å². The monoisotopic (exact) mass is 295 g/mol. The van der Waals surface area contributed by atoms with Crippen molar-refractivity contribution in [2.24, 2.45) is 0 Å². The molecule has 104 valence electrons. The van der Waals surface area contributed by atoms with Gasteiger partial charge in [0.05, 0.1) is 0 Å². The van der Waals surface area contributed by atoms with E-state index in [9.17, 15) is 22.8 Å².